The Hall–Kier alpha value is -0.770. The average Bonchev–Trinajstić information content (AvgIpc) is 2.20. The Morgan fingerprint density at radius 2 is 2.14 bits per heavy atom. The first-order valence-electron chi connectivity index (χ1n) is 3.41. The lowest BCUT2D eigenvalue weighted by Crippen LogP contribution is -2.11. The van der Waals surface area contributed by atoms with E-state index in [-0.39, 0.29) is 20.8 Å². The lowest BCUT2D eigenvalue weighted by molar-refractivity contribution is 0.106. The van der Waals surface area contributed by atoms with E-state index in [0.29, 0.717) is 0 Å². The maximum Gasteiger partial charge on any atom is 0.226 e. The first-order valence-corrected chi connectivity index (χ1v) is 4.55. The van der Waals surface area contributed by atoms with E-state index in [2.05, 4.69) is 11.2 Å². The van der Waals surface area contributed by atoms with Gasteiger partial charge in [-0.2, -0.15) is 5.10 Å². The second-order valence-electron chi connectivity index (χ2n) is 2.26. The van der Waals surface area contributed by atoms with Crippen LogP contribution in [0.1, 0.15) is 10.4 Å². The number of rotatable bonds is 2. The van der Waals surface area contributed by atoms with Crippen molar-refractivity contribution in [3.8, 4) is 0 Å². The zero-order valence-corrected chi connectivity index (χ0v) is 8.99. The third kappa shape index (κ3) is 2.18. The van der Waals surface area contributed by atoms with Gasteiger partial charge in [-0.3, -0.25) is 4.79 Å². The molecule has 3 nitrogen and oxygen atoms in total. The van der Waals surface area contributed by atoms with Crippen LogP contribution in [0.4, 0.5) is 0 Å². The molecule has 0 fully saturated rings. The minimum atomic E-state index is -0.610. The number of Topliss-reactive ketones (excluding diaryl/α,β-unsaturated/α-hetero) is 1. The zero-order valence-electron chi connectivity index (χ0n) is 6.72. The van der Waals surface area contributed by atoms with Crippen molar-refractivity contribution in [1.82, 2.24) is 0 Å². The second kappa shape index (κ2) is 4.64. The summed E-state index contributed by atoms with van der Waals surface area (Å²) in [6.07, 6.45) is 0. The molecule has 1 radical (unpaired) electrons. The van der Waals surface area contributed by atoms with Crippen LogP contribution in [-0.2, 0) is 0 Å². The highest BCUT2D eigenvalue weighted by Gasteiger charge is 2.16. The fraction of sp³-hybridized carbons (Fsp3) is 0. The highest BCUT2D eigenvalue weighted by atomic mass is 35.5. The van der Waals surface area contributed by atoms with Crippen LogP contribution in [0.5, 0.6) is 0 Å². The Bertz CT molecular complexity index is 404. The number of nitrogens with zero attached hydrogens (tertiary/aromatic N) is 1. The normalized spacial score (nSPS) is 11.5. The molecule has 2 N–H and O–H groups in total. The summed E-state index contributed by atoms with van der Waals surface area (Å²) in [6, 6.07) is 5.57. The molecular formula is C8H4Cl3N2O. The molecule has 0 saturated heterocycles. The second-order valence-corrected chi connectivity index (χ2v) is 3.41. The van der Waals surface area contributed by atoms with Crippen LogP contribution in [-0.4, -0.2) is 11.0 Å². The fourth-order valence-electron chi connectivity index (χ4n) is 0.781. The van der Waals surface area contributed by atoms with Crippen molar-refractivity contribution in [2.45, 2.75) is 0 Å². The van der Waals surface area contributed by atoms with Crippen LogP contribution in [0, 0.1) is 6.07 Å². The van der Waals surface area contributed by atoms with E-state index < -0.39 is 5.78 Å². The average molecular weight is 250 g/mol. The molecule has 0 aromatic heterocycles. The van der Waals surface area contributed by atoms with Gasteiger partial charge in [-0.05, 0) is 12.1 Å². The van der Waals surface area contributed by atoms with Crippen LogP contribution < -0.4 is 5.84 Å². The van der Waals surface area contributed by atoms with Crippen LogP contribution in [0.3, 0.4) is 0 Å². The van der Waals surface area contributed by atoms with Gasteiger partial charge in [0, 0.05) is 0 Å². The van der Waals surface area contributed by atoms with Gasteiger partial charge < -0.3 is 5.84 Å². The predicted molar refractivity (Wildman–Crippen MR) is 57.1 cm³/mol. The van der Waals surface area contributed by atoms with Gasteiger partial charge in [-0.25, -0.2) is 0 Å². The Morgan fingerprint density at radius 3 is 2.71 bits per heavy atom. The van der Waals surface area contributed by atoms with E-state index in [1.807, 2.05) is 0 Å². The van der Waals surface area contributed by atoms with Crippen LogP contribution in [0.15, 0.2) is 17.2 Å². The third-order valence-electron chi connectivity index (χ3n) is 1.41. The van der Waals surface area contributed by atoms with Gasteiger partial charge in [0.1, 0.15) is 0 Å². The summed E-state index contributed by atoms with van der Waals surface area (Å²) in [7, 11) is 0. The van der Waals surface area contributed by atoms with Gasteiger partial charge in [0.2, 0.25) is 5.78 Å². The maximum atomic E-state index is 11.4. The summed E-state index contributed by atoms with van der Waals surface area (Å²) in [5.41, 5.74) is 0.0540. The molecule has 1 rings (SSSR count). The minimum absolute atomic E-state index is 0.0540. The maximum absolute atomic E-state index is 11.4. The number of halogens is 3. The van der Waals surface area contributed by atoms with Crippen LogP contribution in [0.2, 0.25) is 10.0 Å². The summed E-state index contributed by atoms with van der Waals surface area (Å²) >= 11 is 16.9. The molecule has 1 aromatic carbocycles. The lowest BCUT2D eigenvalue weighted by atomic mass is 10.1. The predicted octanol–water partition coefficient (Wildman–Crippen LogP) is 2.49. The van der Waals surface area contributed by atoms with Crippen molar-refractivity contribution in [3.63, 3.8) is 0 Å². The number of hydrogen-bond donors (Lipinski definition) is 1. The first-order chi connectivity index (χ1) is 6.57. The highest BCUT2D eigenvalue weighted by Crippen LogP contribution is 2.25. The van der Waals surface area contributed by atoms with Crippen molar-refractivity contribution in [2.75, 3.05) is 0 Å². The van der Waals surface area contributed by atoms with Crippen molar-refractivity contribution < 1.29 is 4.79 Å². The molecule has 0 amide bonds. The Balaban J connectivity index is 3.21. The van der Waals surface area contributed by atoms with E-state index in [1.54, 1.807) is 0 Å². The minimum Gasteiger partial charge on any atom is -0.322 e. The molecule has 6 heteroatoms. The van der Waals surface area contributed by atoms with Crippen molar-refractivity contribution in [3.05, 3.63) is 33.8 Å². The number of nitrogens with two attached hydrogens (primary N) is 1. The largest absolute Gasteiger partial charge is 0.322 e. The smallest absolute Gasteiger partial charge is 0.226 e. The number of carbonyl (C=O) groups excluding carboxylic acids is 1. The SMILES string of the molecule is NN=C(Cl)C(=O)c1[c]ccc(Cl)c1Cl. The number of benzene rings is 1. The lowest BCUT2D eigenvalue weighted by Gasteiger charge is -2.01. The van der Waals surface area contributed by atoms with E-state index in [0.717, 1.165) is 0 Å². The molecule has 0 aliphatic carbocycles. The van der Waals surface area contributed by atoms with E-state index in [9.17, 15) is 4.79 Å². The van der Waals surface area contributed by atoms with Crippen molar-refractivity contribution in [2.24, 2.45) is 10.9 Å². The Labute approximate surface area is 95.4 Å². The standard InChI is InChI=1S/C8H4Cl3N2O/c9-5-3-1-2-4(6(5)10)7(14)8(11)13-12/h1,3H,12H2. The van der Waals surface area contributed by atoms with Crippen molar-refractivity contribution >= 4 is 45.8 Å². The molecular weight excluding hydrogens is 246 g/mol. The molecule has 0 aliphatic heterocycles. The van der Waals surface area contributed by atoms with Gasteiger partial charge >= 0.3 is 0 Å². The molecule has 1 aromatic rings. The zero-order chi connectivity index (χ0) is 10.7. The summed E-state index contributed by atoms with van der Waals surface area (Å²) < 4.78 is 0. The Kier molecular flexibility index (Phi) is 3.75. The van der Waals surface area contributed by atoms with Gasteiger partial charge in [-0.15, -0.1) is 0 Å². The number of ketones is 1. The van der Waals surface area contributed by atoms with Gasteiger partial charge in [-0.1, -0.05) is 40.9 Å². The van der Waals surface area contributed by atoms with Gasteiger partial charge in [0.25, 0.3) is 0 Å². The van der Waals surface area contributed by atoms with E-state index in [1.165, 1.54) is 12.1 Å². The third-order valence-corrected chi connectivity index (χ3v) is 2.49. The van der Waals surface area contributed by atoms with E-state index >= 15 is 0 Å². The van der Waals surface area contributed by atoms with E-state index in [4.69, 9.17) is 40.6 Å². The number of carbonyl (C=O) groups is 1. The molecule has 0 unspecified atom stereocenters. The summed E-state index contributed by atoms with van der Waals surface area (Å²) in [4.78, 5) is 11.4. The molecule has 14 heavy (non-hydrogen) atoms. The van der Waals surface area contributed by atoms with Crippen LogP contribution >= 0.6 is 34.8 Å². The fourth-order valence-corrected chi connectivity index (χ4v) is 1.24. The topological polar surface area (TPSA) is 55.4 Å². The summed E-state index contributed by atoms with van der Waals surface area (Å²) in [6.45, 7) is 0. The molecule has 0 heterocycles. The van der Waals surface area contributed by atoms with Gasteiger partial charge in [0.05, 0.1) is 15.6 Å². The monoisotopic (exact) mass is 249 g/mol. The van der Waals surface area contributed by atoms with Gasteiger partial charge in [0.15, 0.2) is 5.17 Å². The molecule has 0 saturated carbocycles. The van der Waals surface area contributed by atoms with Crippen molar-refractivity contribution in [1.29, 1.82) is 0 Å². The Morgan fingerprint density at radius 1 is 1.50 bits per heavy atom. The number of hydrazone groups is 1. The molecule has 0 bridgehead atoms. The molecule has 73 valence electrons. The summed E-state index contributed by atoms with van der Waals surface area (Å²) in [5.74, 6) is 4.23. The highest BCUT2D eigenvalue weighted by molar-refractivity contribution is 6.85. The molecule has 0 atom stereocenters. The molecule has 0 aliphatic rings. The quantitative estimate of drug-likeness (QED) is 0.379. The molecule has 0 spiro atoms. The first kappa shape index (κ1) is 11.3. The summed E-state index contributed by atoms with van der Waals surface area (Å²) in [5, 5.41) is 3.01. The number of hydrogen-bond acceptors (Lipinski definition) is 3. The van der Waals surface area contributed by atoms with Crippen LogP contribution in [0.25, 0.3) is 0 Å².